The molecular formula is C9H14N4O3S. The predicted octanol–water partition coefficient (Wildman–Crippen LogP) is -0.347. The summed E-state index contributed by atoms with van der Waals surface area (Å²) >= 11 is 0. The molecular weight excluding hydrogens is 244 g/mol. The number of anilines is 2. The number of morpholine rings is 1. The van der Waals surface area contributed by atoms with Gasteiger partial charge in [-0.3, -0.25) is 9.71 Å². The van der Waals surface area contributed by atoms with E-state index in [1.807, 2.05) is 0 Å². The van der Waals surface area contributed by atoms with E-state index in [1.54, 1.807) is 0 Å². The quantitative estimate of drug-likeness (QED) is 0.772. The number of aromatic nitrogens is 1. The maximum Gasteiger partial charge on any atom is 0.301 e. The number of nitrogens with zero attached hydrogens (tertiary/aromatic N) is 2. The molecule has 2 heterocycles. The molecule has 0 spiro atoms. The lowest BCUT2D eigenvalue weighted by molar-refractivity contribution is 0.0733. The van der Waals surface area contributed by atoms with Gasteiger partial charge < -0.3 is 10.5 Å². The van der Waals surface area contributed by atoms with Crippen molar-refractivity contribution < 1.29 is 13.2 Å². The van der Waals surface area contributed by atoms with Gasteiger partial charge in [-0.2, -0.15) is 12.7 Å². The highest BCUT2D eigenvalue weighted by Crippen LogP contribution is 2.18. The smallest absolute Gasteiger partial charge is 0.301 e. The number of hydrogen-bond donors (Lipinski definition) is 2. The molecule has 1 aliphatic rings. The molecule has 0 atom stereocenters. The molecule has 0 saturated carbocycles. The third kappa shape index (κ3) is 2.84. The summed E-state index contributed by atoms with van der Waals surface area (Å²) in [7, 11) is -3.56. The number of rotatable bonds is 3. The number of pyridine rings is 1. The second kappa shape index (κ2) is 4.86. The summed E-state index contributed by atoms with van der Waals surface area (Å²) in [6.45, 7) is 1.51. The fourth-order valence-corrected chi connectivity index (χ4v) is 2.71. The standard InChI is InChI=1S/C9H14N4O3S/c10-8-7-11-2-1-9(8)12-17(14,15)13-3-5-16-6-4-13/h1-2,7H,3-6,10H2,(H,11,12). The van der Waals surface area contributed by atoms with Gasteiger partial charge in [0.05, 0.1) is 30.8 Å². The van der Waals surface area contributed by atoms with E-state index in [9.17, 15) is 8.42 Å². The Bertz CT molecular complexity index is 485. The van der Waals surface area contributed by atoms with Crippen LogP contribution < -0.4 is 10.5 Å². The van der Waals surface area contributed by atoms with E-state index in [-0.39, 0.29) is 0 Å². The van der Waals surface area contributed by atoms with Crippen LogP contribution in [0.3, 0.4) is 0 Å². The van der Waals surface area contributed by atoms with E-state index >= 15 is 0 Å². The van der Waals surface area contributed by atoms with Gasteiger partial charge in [-0.05, 0) is 6.07 Å². The molecule has 2 rings (SSSR count). The monoisotopic (exact) mass is 258 g/mol. The first kappa shape index (κ1) is 12.1. The molecule has 1 aromatic heterocycles. The Hall–Kier alpha value is -1.38. The van der Waals surface area contributed by atoms with Crippen LogP contribution in [-0.4, -0.2) is 44.0 Å². The van der Waals surface area contributed by atoms with E-state index in [0.29, 0.717) is 37.7 Å². The van der Waals surface area contributed by atoms with Crippen molar-refractivity contribution in [3.05, 3.63) is 18.5 Å². The number of ether oxygens (including phenoxy) is 1. The molecule has 7 nitrogen and oxygen atoms in total. The van der Waals surface area contributed by atoms with Crippen LogP contribution in [0.4, 0.5) is 11.4 Å². The Morgan fingerprint density at radius 2 is 2.12 bits per heavy atom. The molecule has 1 aromatic rings. The summed E-state index contributed by atoms with van der Waals surface area (Å²) in [6, 6.07) is 1.52. The number of nitrogens with one attached hydrogen (secondary N) is 1. The summed E-state index contributed by atoms with van der Waals surface area (Å²) in [6.07, 6.45) is 2.88. The molecule has 0 radical (unpaired) electrons. The Balaban J connectivity index is 2.14. The highest BCUT2D eigenvalue weighted by molar-refractivity contribution is 7.90. The highest BCUT2D eigenvalue weighted by Gasteiger charge is 2.24. The molecule has 8 heteroatoms. The van der Waals surface area contributed by atoms with Gasteiger partial charge in [-0.1, -0.05) is 0 Å². The first-order valence-electron chi connectivity index (χ1n) is 5.15. The molecule has 1 fully saturated rings. The average molecular weight is 258 g/mol. The van der Waals surface area contributed by atoms with Gasteiger partial charge in [-0.15, -0.1) is 0 Å². The highest BCUT2D eigenvalue weighted by atomic mass is 32.2. The lowest BCUT2D eigenvalue weighted by atomic mass is 10.4. The van der Waals surface area contributed by atoms with Crippen molar-refractivity contribution in [1.29, 1.82) is 0 Å². The number of hydrogen-bond acceptors (Lipinski definition) is 5. The summed E-state index contributed by atoms with van der Waals surface area (Å²) in [5.41, 5.74) is 6.26. The minimum Gasteiger partial charge on any atom is -0.396 e. The summed E-state index contributed by atoms with van der Waals surface area (Å²) in [5, 5.41) is 0. The van der Waals surface area contributed by atoms with Crippen LogP contribution in [0, 0.1) is 0 Å². The summed E-state index contributed by atoms with van der Waals surface area (Å²) in [5.74, 6) is 0. The van der Waals surface area contributed by atoms with E-state index in [4.69, 9.17) is 10.5 Å². The Labute approximate surface area is 99.8 Å². The molecule has 17 heavy (non-hydrogen) atoms. The first-order chi connectivity index (χ1) is 8.09. The van der Waals surface area contributed by atoms with E-state index in [2.05, 4.69) is 9.71 Å². The number of nitrogen functional groups attached to an aromatic ring is 1. The molecule has 3 N–H and O–H groups in total. The summed E-state index contributed by atoms with van der Waals surface area (Å²) in [4.78, 5) is 3.79. The van der Waals surface area contributed by atoms with Crippen LogP contribution in [0.2, 0.25) is 0 Å². The zero-order chi connectivity index (χ0) is 12.3. The maximum atomic E-state index is 12.0. The predicted molar refractivity (Wildman–Crippen MR) is 63.6 cm³/mol. The van der Waals surface area contributed by atoms with E-state index < -0.39 is 10.2 Å². The van der Waals surface area contributed by atoms with Crippen LogP contribution >= 0.6 is 0 Å². The molecule has 0 aromatic carbocycles. The minimum absolute atomic E-state index is 0.296. The zero-order valence-electron chi connectivity index (χ0n) is 9.17. The zero-order valence-corrected chi connectivity index (χ0v) is 9.98. The van der Waals surface area contributed by atoms with Crippen molar-refractivity contribution in [3.8, 4) is 0 Å². The van der Waals surface area contributed by atoms with Crippen LogP contribution in [-0.2, 0) is 14.9 Å². The molecule has 1 aliphatic heterocycles. The topological polar surface area (TPSA) is 97.5 Å². The molecule has 0 bridgehead atoms. The van der Waals surface area contributed by atoms with Crippen LogP contribution in [0.5, 0.6) is 0 Å². The Morgan fingerprint density at radius 3 is 2.76 bits per heavy atom. The molecule has 94 valence electrons. The van der Waals surface area contributed by atoms with Crippen LogP contribution in [0.15, 0.2) is 18.5 Å². The minimum atomic E-state index is -3.56. The van der Waals surface area contributed by atoms with E-state index in [0.717, 1.165) is 0 Å². The summed E-state index contributed by atoms with van der Waals surface area (Å²) < 4.78 is 32.8. The van der Waals surface area contributed by atoms with Gasteiger partial charge in [-0.25, -0.2) is 0 Å². The average Bonchev–Trinajstić information content (AvgIpc) is 2.33. The van der Waals surface area contributed by atoms with Crippen molar-refractivity contribution in [2.24, 2.45) is 0 Å². The van der Waals surface area contributed by atoms with Crippen LogP contribution in [0.1, 0.15) is 0 Å². The maximum absolute atomic E-state index is 12.0. The van der Waals surface area contributed by atoms with Crippen LogP contribution in [0.25, 0.3) is 0 Å². The van der Waals surface area contributed by atoms with Crippen molar-refractivity contribution in [1.82, 2.24) is 9.29 Å². The Kier molecular flexibility index (Phi) is 3.46. The fourth-order valence-electron chi connectivity index (χ4n) is 1.49. The van der Waals surface area contributed by atoms with Gasteiger partial charge in [0.1, 0.15) is 0 Å². The fraction of sp³-hybridized carbons (Fsp3) is 0.444. The third-order valence-electron chi connectivity index (χ3n) is 2.40. The second-order valence-corrected chi connectivity index (χ2v) is 5.25. The molecule has 0 unspecified atom stereocenters. The van der Waals surface area contributed by atoms with Gasteiger partial charge in [0.2, 0.25) is 0 Å². The first-order valence-corrected chi connectivity index (χ1v) is 6.59. The number of nitrogens with two attached hydrogens (primary N) is 1. The molecule has 0 amide bonds. The Morgan fingerprint density at radius 1 is 1.41 bits per heavy atom. The SMILES string of the molecule is Nc1cnccc1NS(=O)(=O)N1CCOCC1. The van der Waals surface area contributed by atoms with Gasteiger partial charge in [0.25, 0.3) is 0 Å². The van der Waals surface area contributed by atoms with Crippen molar-refractivity contribution in [3.63, 3.8) is 0 Å². The van der Waals surface area contributed by atoms with Crippen molar-refractivity contribution >= 4 is 21.6 Å². The largest absolute Gasteiger partial charge is 0.396 e. The van der Waals surface area contributed by atoms with Gasteiger partial charge in [0.15, 0.2) is 0 Å². The van der Waals surface area contributed by atoms with E-state index in [1.165, 1.54) is 22.8 Å². The second-order valence-electron chi connectivity index (χ2n) is 3.58. The lowest BCUT2D eigenvalue weighted by Gasteiger charge is -2.26. The van der Waals surface area contributed by atoms with Crippen molar-refractivity contribution in [2.45, 2.75) is 0 Å². The third-order valence-corrected chi connectivity index (χ3v) is 3.92. The molecule has 1 saturated heterocycles. The van der Waals surface area contributed by atoms with Crippen molar-refractivity contribution in [2.75, 3.05) is 36.8 Å². The van der Waals surface area contributed by atoms with Gasteiger partial charge >= 0.3 is 10.2 Å². The molecule has 0 aliphatic carbocycles. The van der Waals surface area contributed by atoms with Gasteiger partial charge in [0, 0.05) is 19.3 Å². The normalized spacial score (nSPS) is 17.9. The lowest BCUT2D eigenvalue weighted by Crippen LogP contribution is -2.43.